The van der Waals surface area contributed by atoms with E-state index in [0.29, 0.717) is 0 Å². The van der Waals surface area contributed by atoms with Crippen LogP contribution in [0.25, 0.3) is 0 Å². The van der Waals surface area contributed by atoms with Gasteiger partial charge in [-0.25, -0.2) is 9.97 Å². The molecule has 0 aliphatic carbocycles. The van der Waals surface area contributed by atoms with Crippen molar-refractivity contribution >= 4 is 5.95 Å². The first-order chi connectivity index (χ1) is 9.31. The molecule has 5 heteroatoms. The molecule has 0 amide bonds. The first-order valence-corrected chi connectivity index (χ1v) is 7.09. The summed E-state index contributed by atoms with van der Waals surface area (Å²) < 4.78 is 11.7. The standard InChI is InChI=1S/C14H21N3O2/c1-2-18-12-10-14(19-11-12)4-8-17(9-5-14)13-15-6-3-7-16-13/h3,6-7,12H,2,4-5,8-11H2,1H3. The van der Waals surface area contributed by atoms with Crippen LogP contribution in [0.3, 0.4) is 0 Å². The highest BCUT2D eigenvalue weighted by Crippen LogP contribution is 2.37. The van der Waals surface area contributed by atoms with Crippen LogP contribution in [0.5, 0.6) is 0 Å². The van der Waals surface area contributed by atoms with Gasteiger partial charge in [-0.05, 0) is 25.8 Å². The Kier molecular flexibility index (Phi) is 3.66. The normalized spacial score (nSPS) is 25.9. The largest absolute Gasteiger partial charge is 0.376 e. The van der Waals surface area contributed by atoms with Crippen LogP contribution < -0.4 is 4.90 Å². The van der Waals surface area contributed by atoms with Gasteiger partial charge in [-0.2, -0.15) is 0 Å². The lowest BCUT2D eigenvalue weighted by atomic mass is 9.88. The Labute approximate surface area is 113 Å². The fraction of sp³-hybridized carbons (Fsp3) is 0.714. The van der Waals surface area contributed by atoms with Crippen molar-refractivity contribution in [3.63, 3.8) is 0 Å². The molecule has 3 heterocycles. The lowest BCUT2D eigenvalue weighted by Gasteiger charge is -2.38. The van der Waals surface area contributed by atoms with Gasteiger partial charge in [0.25, 0.3) is 0 Å². The maximum absolute atomic E-state index is 6.04. The number of anilines is 1. The van der Waals surface area contributed by atoms with Crippen LogP contribution in [0.1, 0.15) is 26.2 Å². The average molecular weight is 263 g/mol. The molecule has 2 aliphatic heterocycles. The molecule has 1 unspecified atom stereocenters. The third-order valence-corrected chi connectivity index (χ3v) is 4.09. The van der Waals surface area contributed by atoms with Crippen molar-refractivity contribution in [2.75, 3.05) is 31.2 Å². The molecule has 104 valence electrons. The monoisotopic (exact) mass is 263 g/mol. The smallest absolute Gasteiger partial charge is 0.225 e. The highest BCUT2D eigenvalue weighted by atomic mass is 16.6. The Morgan fingerprint density at radius 2 is 2.11 bits per heavy atom. The second-order valence-electron chi connectivity index (χ2n) is 5.31. The van der Waals surface area contributed by atoms with Gasteiger partial charge in [-0.3, -0.25) is 0 Å². The van der Waals surface area contributed by atoms with Gasteiger partial charge in [0.1, 0.15) is 0 Å². The molecular weight excluding hydrogens is 242 g/mol. The molecule has 1 atom stereocenters. The Bertz CT molecular complexity index is 404. The maximum Gasteiger partial charge on any atom is 0.225 e. The van der Waals surface area contributed by atoms with Gasteiger partial charge in [-0.1, -0.05) is 0 Å². The van der Waals surface area contributed by atoms with Gasteiger partial charge in [0, 0.05) is 38.5 Å². The van der Waals surface area contributed by atoms with Crippen LogP contribution in [0.4, 0.5) is 5.95 Å². The summed E-state index contributed by atoms with van der Waals surface area (Å²) in [6, 6.07) is 1.85. The van der Waals surface area contributed by atoms with Gasteiger partial charge in [0.15, 0.2) is 0 Å². The topological polar surface area (TPSA) is 47.5 Å². The second kappa shape index (κ2) is 5.43. The molecule has 3 rings (SSSR count). The summed E-state index contributed by atoms with van der Waals surface area (Å²) in [6.45, 7) is 5.48. The summed E-state index contributed by atoms with van der Waals surface area (Å²) in [6.07, 6.45) is 6.98. The first-order valence-electron chi connectivity index (χ1n) is 7.09. The summed E-state index contributed by atoms with van der Waals surface area (Å²) in [5.41, 5.74) is 0.0329. The van der Waals surface area contributed by atoms with Crippen LogP contribution in [-0.4, -0.2) is 48.0 Å². The van der Waals surface area contributed by atoms with Crippen molar-refractivity contribution in [1.29, 1.82) is 0 Å². The zero-order valence-electron chi connectivity index (χ0n) is 11.4. The number of nitrogens with zero attached hydrogens (tertiary/aromatic N) is 3. The van der Waals surface area contributed by atoms with E-state index in [1.54, 1.807) is 12.4 Å². The van der Waals surface area contributed by atoms with Crippen molar-refractivity contribution in [1.82, 2.24) is 9.97 Å². The van der Waals surface area contributed by atoms with E-state index in [-0.39, 0.29) is 11.7 Å². The van der Waals surface area contributed by atoms with Gasteiger partial charge in [0.2, 0.25) is 5.95 Å². The summed E-state index contributed by atoms with van der Waals surface area (Å²) in [7, 11) is 0. The van der Waals surface area contributed by atoms with E-state index in [4.69, 9.17) is 9.47 Å². The van der Waals surface area contributed by atoms with Crippen LogP contribution in [0.15, 0.2) is 18.5 Å². The van der Waals surface area contributed by atoms with E-state index in [1.807, 2.05) is 13.0 Å². The molecule has 0 N–H and O–H groups in total. The molecule has 1 aromatic heterocycles. The number of ether oxygens (including phenoxy) is 2. The molecule has 0 bridgehead atoms. The van der Waals surface area contributed by atoms with E-state index >= 15 is 0 Å². The maximum atomic E-state index is 6.04. The fourth-order valence-electron chi connectivity index (χ4n) is 3.06. The predicted octanol–water partition coefficient (Wildman–Crippen LogP) is 1.64. The summed E-state index contributed by atoms with van der Waals surface area (Å²) in [4.78, 5) is 10.9. The zero-order valence-corrected chi connectivity index (χ0v) is 11.4. The molecule has 1 spiro atoms. The lowest BCUT2D eigenvalue weighted by Crippen LogP contribution is -2.45. The van der Waals surface area contributed by atoms with E-state index < -0.39 is 0 Å². The third kappa shape index (κ3) is 2.72. The number of aromatic nitrogens is 2. The number of hydrogen-bond acceptors (Lipinski definition) is 5. The van der Waals surface area contributed by atoms with E-state index in [0.717, 1.165) is 51.5 Å². The van der Waals surface area contributed by atoms with Crippen LogP contribution in [0.2, 0.25) is 0 Å². The number of piperidine rings is 1. The Hall–Kier alpha value is -1.20. The molecule has 1 aromatic rings. The van der Waals surface area contributed by atoms with Crippen molar-refractivity contribution < 1.29 is 9.47 Å². The highest BCUT2D eigenvalue weighted by molar-refractivity contribution is 5.29. The first kappa shape index (κ1) is 12.8. The molecule has 0 radical (unpaired) electrons. The summed E-state index contributed by atoms with van der Waals surface area (Å²) in [5.74, 6) is 0.830. The quantitative estimate of drug-likeness (QED) is 0.829. The van der Waals surface area contributed by atoms with Crippen molar-refractivity contribution in [2.24, 2.45) is 0 Å². The minimum atomic E-state index is 0.0329. The Balaban J connectivity index is 1.58. The third-order valence-electron chi connectivity index (χ3n) is 4.09. The van der Waals surface area contributed by atoms with Gasteiger partial charge >= 0.3 is 0 Å². The molecule has 19 heavy (non-hydrogen) atoms. The Morgan fingerprint density at radius 3 is 2.79 bits per heavy atom. The molecule has 2 saturated heterocycles. The van der Waals surface area contributed by atoms with E-state index in [9.17, 15) is 0 Å². The van der Waals surface area contributed by atoms with Gasteiger partial charge < -0.3 is 14.4 Å². The molecule has 5 nitrogen and oxygen atoms in total. The molecule has 0 aromatic carbocycles. The summed E-state index contributed by atoms with van der Waals surface area (Å²) in [5, 5.41) is 0. The molecule has 0 saturated carbocycles. The van der Waals surface area contributed by atoms with Crippen LogP contribution in [-0.2, 0) is 9.47 Å². The van der Waals surface area contributed by atoms with Gasteiger partial charge in [0.05, 0.1) is 18.3 Å². The molecular formula is C14H21N3O2. The second-order valence-corrected chi connectivity index (χ2v) is 5.31. The van der Waals surface area contributed by atoms with Crippen LogP contribution >= 0.6 is 0 Å². The van der Waals surface area contributed by atoms with Gasteiger partial charge in [-0.15, -0.1) is 0 Å². The van der Waals surface area contributed by atoms with Crippen molar-refractivity contribution in [2.45, 2.75) is 37.9 Å². The molecule has 2 fully saturated rings. The fourth-order valence-corrected chi connectivity index (χ4v) is 3.06. The minimum Gasteiger partial charge on any atom is -0.376 e. The van der Waals surface area contributed by atoms with Crippen molar-refractivity contribution in [3.05, 3.63) is 18.5 Å². The number of rotatable bonds is 3. The lowest BCUT2D eigenvalue weighted by molar-refractivity contribution is -0.0191. The van der Waals surface area contributed by atoms with E-state index in [2.05, 4.69) is 14.9 Å². The highest BCUT2D eigenvalue weighted by Gasteiger charge is 2.43. The molecule has 2 aliphatic rings. The number of hydrogen-bond donors (Lipinski definition) is 0. The SMILES string of the molecule is CCOC1COC2(CCN(c3ncccn3)CC2)C1. The van der Waals surface area contributed by atoms with Crippen molar-refractivity contribution in [3.8, 4) is 0 Å². The van der Waals surface area contributed by atoms with Crippen LogP contribution in [0, 0.1) is 0 Å². The Morgan fingerprint density at radius 1 is 1.37 bits per heavy atom. The minimum absolute atomic E-state index is 0.0329. The van der Waals surface area contributed by atoms with E-state index in [1.165, 1.54) is 0 Å². The predicted molar refractivity (Wildman–Crippen MR) is 72.2 cm³/mol. The average Bonchev–Trinajstić information content (AvgIpc) is 2.84. The summed E-state index contributed by atoms with van der Waals surface area (Å²) >= 11 is 0. The zero-order chi connectivity index (χ0) is 13.1.